The van der Waals surface area contributed by atoms with Crippen LogP contribution in [0.4, 0.5) is 0 Å². The van der Waals surface area contributed by atoms with Gasteiger partial charge in [-0.1, -0.05) is 12.1 Å². The van der Waals surface area contributed by atoms with E-state index in [9.17, 15) is 0 Å². The number of nitrogens with zero attached hydrogens (tertiary/aromatic N) is 1. The Kier molecular flexibility index (Phi) is 2.37. The summed E-state index contributed by atoms with van der Waals surface area (Å²) >= 11 is 0. The third-order valence-corrected chi connectivity index (χ3v) is 4.01. The molecular formula is C17H18N+. The van der Waals surface area contributed by atoms with Crippen molar-refractivity contribution in [2.24, 2.45) is 7.05 Å². The summed E-state index contributed by atoms with van der Waals surface area (Å²) in [6.45, 7) is 6.51. The topological polar surface area (TPSA) is 3.88 Å². The lowest BCUT2D eigenvalue weighted by atomic mass is 10.00. The van der Waals surface area contributed by atoms with Gasteiger partial charge in [-0.15, -0.1) is 0 Å². The Bertz CT molecular complexity index is 770. The Balaban J connectivity index is 2.59. The molecule has 0 saturated carbocycles. The third kappa shape index (κ3) is 1.51. The number of benzene rings is 2. The predicted molar refractivity (Wildman–Crippen MR) is 76.8 cm³/mol. The quantitative estimate of drug-likeness (QED) is 0.413. The summed E-state index contributed by atoms with van der Waals surface area (Å²) in [7, 11) is 2.15. The van der Waals surface area contributed by atoms with Crippen LogP contribution in [0, 0.1) is 20.8 Å². The Hall–Kier alpha value is -1.89. The van der Waals surface area contributed by atoms with Gasteiger partial charge in [-0.2, -0.15) is 4.57 Å². The smallest absolute Gasteiger partial charge is 0.198 e. The molecule has 1 heteroatoms. The molecule has 0 unspecified atom stereocenters. The lowest BCUT2D eigenvalue weighted by molar-refractivity contribution is -0.650. The SMILES string of the molecule is Cc1cc2ccc3ccc(C)[n+](C)c3c2cc1C. The van der Waals surface area contributed by atoms with Crippen LogP contribution in [0.2, 0.25) is 0 Å². The molecule has 0 spiro atoms. The van der Waals surface area contributed by atoms with E-state index >= 15 is 0 Å². The van der Waals surface area contributed by atoms with Gasteiger partial charge in [0.05, 0.1) is 5.39 Å². The summed E-state index contributed by atoms with van der Waals surface area (Å²) in [6, 6.07) is 13.4. The highest BCUT2D eigenvalue weighted by molar-refractivity contribution is 6.03. The number of aryl methyl sites for hydroxylation is 4. The number of aromatic nitrogens is 1. The van der Waals surface area contributed by atoms with Crippen LogP contribution in [0.5, 0.6) is 0 Å². The summed E-state index contributed by atoms with van der Waals surface area (Å²) in [6.07, 6.45) is 0. The number of pyridine rings is 1. The highest BCUT2D eigenvalue weighted by Gasteiger charge is 2.12. The highest BCUT2D eigenvalue weighted by atomic mass is 14.9. The molecule has 1 aromatic heterocycles. The van der Waals surface area contributed by atoms with E-state index < -0.39 is 0 Å². The summed E-state index contributed by atoms with van der Waals surface area (Å²) < 4.78 is 2.28. The summed E-state index contributed by atoms with van der Waals surface area (Å²) in [5.41, 5.74) is 5.33. The number of fused-ring (bicyclic) bond motifs is 3. The summed E-state index contributed by atoms with van der Waals surface area (Å²) in [4.78, 5) is 0. The van der Waals surface area contributed by atoms with Gasteiger partial charge in [-0.3, -0.25) is 0 Å². The third-order valence-electron chi connectivity index (χ3n) is 4.01. The molecule has 0 radical (unpaired) electrons. The van der Waals surface area contributed by atoms with Crippen molar-refractivity contribution in [2.75, 3.05) is 0 Å². The second kappa shape index (κ2) is 3.81. The minimum absolute atomic E-state index is 1.29. The van der Waals surface area contributed by atoms with Gasteiger partial charge in [0.1, 0.15) is 7.05 Å². The van der Waals surface area contributed by atoms with Crippen molar-refractivity contribution in [3.8, 4) is 0 Å². The van der Waals surface area contributed by atoms with Crippen molar-refractivity contribution in [1.29, 1.82) is 0 Å². The maximum atomic E-state index is 2.31. The molecule has 1 nitrogen and oxygen atoms in total. The fourth-order valence-corrected chi connectivity index (χ4v) is 2.60. The molecular weight excluding hydrogens is 218 g/mol. The van der Waals surface area contributed by atoms with Crippen LogP contribution in [-0.2, 0) is 7.05 Å². The first kappa shape index (κ1) is 11.2. The van der Waals surface area contributed by atoms with Crippen molar-refractivity contribution in [3.05, 3.63) is 53.2 Å². The zero-order valence-corrected chi connectivity index (χ0v) is 11.4. The van der Waals surface area contributed by atoms with Crippen LogP contribution in [-0.4, -0.2) is 0 Å². The second-order valence-corrected chi connectivity index (χ2v) is 5.19. The molecule has 0 saturated heterocycles. The minimum Gasteiger partial charge on any atom is -0.198 e. The zero-order chi connectivity index (χ0) is 12.9. The fourth-order valence-electron chi connectivity index (χ4n) is 2.60. The predicted octanol–water partition coefficient (Wildman–Crippen LogP) is 3.74. The lowest BCUT2D eigenvalue weighted by Gasteiger charge is -2.07. The lowest BCUT2D eigenvalue weighted by Crippen LogP contribution is -2.32. The molecule has 0 amide bonds. The van der Waals surface area contributed by atoms with E-state index in [1.54, 1.807) is 0 Å². The zero-order valence-electron chi connectivity index (χ0n) is 11.4. The molecule has 90 valence electrons. The first-order valence-electron chi connectivity index (χ1n) is 6.37. The molecule has 3 rings (SSSR count). The van der Waals surface area contributed by atoms with Gasteiger partial charge in [0.15, 0.2) is 5.69 Å². The average Bonchev–Trinajstić information content (AvgIpc) is 2.35. The molecule has 3 aromatic rings. The molecule has 0 atom stereocenters. The molecule has 0 bridgehead atoms. The Morgan fingerprint density at radius 3 is 2.17 bits per heavy atom. The van der Waals surface area contributed by atoms with E-state index in [-0.39, 0.29) is 0 Å². The van der Waals surface area contributed by atoms with Gasteiger partial charge in [0.2, 0.25) is 5.52 Å². The van der Waals surface area contributed by atoms with Gasteiger partial charge in [0.25, 0.3) is 0 Å². The van der Waals surface area contributed by atoms with Crippen LogP contribution in [0.15, 0.2) is 36.4 Å². The molecule has 0 N–H and O–H groups in total. The monoisotopic (exact) mass is 236 g/mol. The maximum Gasteiger partial charge on any atom is 0.220 e. The van der Waals surface area contributed by atoms with Crippen molar-refractivity contribution >= 4 is 21.7 Å². The van der Waals surface area contributed by atoms with Gasteiger partial charge < -0.3 is 0 Å². The Labute approximate surface area is 108 Å². The molecule has 0 aliphatic rings. The van der Waals surface area contributed by atoms with Crippen LogP contribution < -0.4 is 4.57 Å². The Morgan fingerprint density at radius 2 is 1.39 bits per heavy atom. The molecule has 0 fully saturated rings. The molecule has 0 aliphatic carbocycles. The number of hydrogen-bond donors (Lipinski definition) is 0. The van der Waals surface area contributed by atoms with Crippen molar-refractivity contribution in [1.82, 2.24) is 0 Å². The van der Waals surface area contributed by atoms with Crippen LogP contribution in [0.25, 0.3) is 21.7 Å². The van der Waals surface area contributed by atoms with Crippen LogP contribution in [0.1, 0.15) is 16.8 Å². The molecule has 2 aromatic carbocycles. The number of rotatable bonds is 0. The van der Waals surface area contributed by atoms with E-state index in [0.717, 1.165) is 0 Å². The van der Waals surface area contributed by atoms with Crippen molar-refractivity contribution in [2.45, 2.75) is 20.8 Å². The van der Waals surface area contributed by atoms with E-state index in [1.165, 1.54) is 38.5 Å². The molecule has 1 heterocycles. The summed E-state index contributed by atoms with van der Waals surface area (Å²) in [5.74, 6) is 0. The van der Waals surface area contributed by atoms with Gasteiger partial charge in [-0.05, 0) is 48.6 Å². The van der Waals surface area contributed by atoms with Crippen LogP contribution >= 0.6 is 0 Å². The van der Waals surface area contributed by atoms with E-state index in [2.05, 4.69) is 68.8 Å². The standard InChI is InChI=1S/C17H18N/c1-11-9-15-8-7-14-6-5-13(3)18(4)17(14)16(15)10-12(11)2/h5-10H,1-4H3/q+1. The van der Waals surface area contributed by atoms with Gasteiger partial charge in [-0.25, -0.2) is 0 Å². The molecule has 0 aliphatic heterocycles. The average molecular weight is 236 g/mol. The Morgan fingerprint density at radius 1 is 0.778 bits per heavy atom. The molecule has 18 heavy (non-hydrogen) atoms. The highest BCUT2D eigenvalue weighted by Crippen LogP contribution is 2.25. The first-order chi connectivity index (χ1) is 8.58. The van der Waals surface area contributed by atoms with Crippen LogP contribution in [0.3, 0.4) is 0 Å². The largest absolute Gasteiger partial charge is 0.220 e. The van der Waals surface area contributed by atoms with Gasteiger partial charge in [0, 0.05) is 18.4 Å². The van der Waals surface area contributed by atoms with Crippen molar-refractivity contribution < 1.29 is 4.57 Å². The van der Waals surface area contributed by atoms with E-state index in [0.29, 0.717) is 0 Å². The first-order valence-corrected chi connectivity index (χ1v) is 6.37. The normalized spacial score (nSPS) is 11.3. The summed E-state index contributed by atoms with van der Waals surface area (Å²) in [5, 5.41) is 3.98. The minimum atomic E-state index is 1.29. The van der Waals surface area contributed by atoms with E-state index in [4.69, 9.17) is 0 Å². The fraction of sp³-hybridized carbons (Fsp3) is 0.235. The van der Waals surface area contributed by atoms with Gasteiger partial charge >= 0.3 is 0 Å². The maximum absolute atomic E-state index is 2.31. The number of hydrogen-bond acceptors (Lipinski definition) is 0. The van der Waals surface area contributed by atoms with E-state index in [1.807, 2.05) is 0 Å². The second-order valence-electron chi connectivity index (χ2n) is 5.19. The van der Waals surface area contributed by atoms with Crippen molar-refractivity contribution in [3.63, 3.8) is 0 Å².